The highest BCUT2D eigenvalue weighted by molar-refractivity contribution is 9.10. The molecule has 0 saturated heterocycles. The normalized spacial score (nSPS) is 13.2. The number of carbonyl (C=O) groups is 1. The highest BCUT2D eigenvalue weighted by atomic mass is 79.9. The summed E-state index contributed by atoms with van der Waals surface area (Å²) in [4.78, 5) is 20.6. The largest absolute Gasteiger partial charge is 0.495 e. The number of benzene rings is 1. The summed E-state index contributed by atoms with van der Waals surface area (Å²) in [7, 11) is -1.12. The van der Waals surface area contributed by atoms with Crippen LogP contribution in [0.3, 0.4) is 0 Å². The van der Waals surface area contributed by atoms with E-state index in [4.69, 9.17) is 4.74 Å². The highest BCUT2D eigenvalue weighted by Gasteiger charge is 2.14. The lowest BCUT2D eigenvalue weighted by Crippen LogP contribution is -2.28. The molecule has 0 fully saturated rings. The van der Waals surface area contributed by atoms with Gasteiger partial charge in [-0.15, -0.1) is 4.36 Å². The monoisotopic (exact) mass is 500 g/mol. The maximum atomic E-state index is 12.0. The van der Waals surface area contributed by atoms with Gasteiger partial charge in [-0.05, 0) is 48.0 Å². The zero-order valence-electron chi connectivity index (χ0n) is 17.3. The number of methoxy groups -OCH3 is 1. The van der Waals surface area contributed by atoms with Crippen molar-refractivity contribution in [3.8, 4) is 5.75 Å². The minimum Gasteiger partial charge on any atom is -0.495 e. The van der Waals surface area contributed by atoms with Gasteiger partial charge in [0.1, 0.15) is 11.6 Å². The second-order valence-corrected chi connectivity index (χ2v) is 10.2. The van der Waals surface area contributed by atoms with Crippen LogP contribution in [0.15, 0.2) is 33.2 Å². The van der Waals surface area contributed by atoms with Crippen LogP contribution in [0.5, 0.6) is 5.75 Å². The highest BCUT2D eigenvalue weighted by Crippen LogP contribution is 2.30. The van der Waals surface area contributed by atoms with E-state index < -0.39 is 21.9 Å². The number of anilines is 4. The van der Waals surface area contributed by atoms with Gasteiger partial charge in [-0.25, -0.2) is 14.0 Å². The fourth-order valence-corrected chi connectivity index (χ4v) is 2.97. The van der Waals surface area contributed by atoms with Crippen molar-refractivity contribution in [3.05, 3.63) is 28.9 Å². The fourth-order valence-electron chi connectivity index (χ4n) is 2.22. The molecule has 2 rings (SSSR count). The summed E-state index contributed by atoms with van der Waals surface area (Å²) in [5.74, 6) is 1.23. The van der Waals surface area contributed by atoms with Crippen molar-refractivity contribution in [1.29, 1.82) is 0 Å². The van der Waals surface area contributed by atoms with Gasteiger partial charge in [0.15, 0.2) is 0 Å². The van der Waals surface area contributed by atoms with Crippen LogP contribution in [0, 0.1) is 0 Å². The average molecular weight is 501 g/mol. The van der Waals surface area contributed by atoms with Gasteiger partial charge in [0, 0.05) is 24.4 Å². The van der Waals surface area contributed by atoms with Crippen molar-refractivity contribution in [2.45, 2.75) is 26.0 Å². The number of aliphatic hydroxyl groups excluding tert-OH is 1. The lowest BCUT2D eigenvalue weighted by atomic mass is 10.2. The Morgan fingerprint density at radius 3 is 2.63 bits per heavy atom. The number of amides is 2. The molecule has 0 bridgehead atoms. The first-order valence-corrected chi connectivity index (χ1v) is 12.0. The molecule has 2 atom stereocenters. The predicted octanol–water partition coefficient (Wildman–Crippen LogP) is 3.43. The van der Waals surface area contributed by atoms with Crippen LogP contribution in [-0.2, 0) is 9.73 Å². The first kappa shape index (κ1) is 23.8. The predicted molar refractivity (Wildman–Crippen MR) is 122 cm³/mol. The zero-order valence-corrected chi connectivity index (χ0v) is 19.7. The molecule has 0 saturated carbocycles. The van der Waals surface area contributed by atoms with Crippen molar-refractivity contribution in [1.82, 2.24) is 9.97 Å². The second kappa shape index (κ2) is 10.0. The Kier molecular flexibility index (Phi) is 7.98. The van der Waals surface area contributed by atoms with Gasteiger partial charge in [-0.2, -0.15) is 4.98 Å². The van der Waals surface area contributed by atoms with Crippen molar-refractivity contribution >= 4 is 54.8 Å². The molecule has 0 unspecified atom stereocenters. The minimum absolute atomic E-state index is 0.219. The molecule has 30 heavy (non-hydrogen) atoms. The maximum Gasteiger partial charge on any atom is 0.353 e. The molecule has 0 aliphatic heterocycles. The zero-order chi connectivity index (χ0) is 22.5. The SMILES string of the molecule is COc1ccc(Nc2ncc(Br)c(N[C@H](C)[C@@H](C)O)n2)cc1NC(=O)N=S(C)(C)=O. The third-order valence-corrected chi connectivity index (χ3v) is 5.02. The summed E-state index contributed by atoms with van der Waals surface area (Å²) in [6.07, 6.45) is 3.76. The minimum atomic E-state index is -2.59. The summed E-state index contributed by atoms with van der Waals surface area (Å²) >= 11 is 3.38. The molecule has 164 valence electrons. The molecule has 0 aliphatic carbocycles. The molecule has 1 heterocycles. The number of halogens is 1. The number of nitrogens with zero attached hydrogens (tertiary/aromatic N) is 3. The first-order chi connectivity index (χ1) is 14.0. The topological polar surface area (TPSA) is 138 Å². The number of hydrogen-bond donors (Lipinski definition) is 4. The maximum absolute atomic E-state index is 12.0. The molecule has 4 N–H and O–H groups in total. The van der Waals surface area contributed by atoms with Gasteiger partial charge in [0.2, 0.25) is 5.95 Å². The quantitative estimate of drug-likeness (QED) is 0.453. The van der Waals surface area contributed by atoms with Crippen LogP contribution in [0.2, 0.25) is 0 Å². The number of rotatable bonds is 7. The summed E-state index contributed by atoms with van der Waals surface area (Å²) < 4.78 is 21.2. The Bertz CT molecular complexity index is 1030. The second-order valence-electron chi connectivity index (χ2n) is 6.81. The van der Waals surface area contributed by atoms with Crippen molar-refractivity contribution in [3.63, 3.8) is 0 Å². The van der Waals surface area contributed by atoms with E-state index in [1.54, 1.807) is 31.3 Å². The molecule has 1 aromatic heterocycles. The van der Waals surface area contributed by atoms with Crippen molar-refractivity contribution in [2.75, 3.05) is 35.6 Å². The Balaban J connectivity index is 2.27. The van der Waals surface area contributed by atoms with Crippen molar-refractivity contribution < 1.29 is 18.8 Å². The van der Waals surface area contributed by atoms with E-state index in [2.05, 4.69) is 46.2 Å². The summed E-state index contributed by atoms with van der Waals surface area (Å²) in [6.45, 7) is 3.52. The smallest absolute Gasteiger partial charge is 0.353 e. The Hall–Kier alpha value is -2.44. The van der Waals surface area contributed by atoms with Crippen LogP contribution < -0.4 is 20.7 Å². The number of carbonyl (C=O) groups excluding carboxylic acids is 1. The fraction of sp³-hybridized carbons (Fsp3) is 0.389. The average Bonchev–Trinajstić information content (AvgIpc) is 2.63. The van der Waals surface area contributed by atoms with Gasteiger partial charge in [0.25, 0.3) is 0 Å². The van der Waals surface area contributed by atoms with Crippen LogP contribution >= 0.6 is 15.9 Å². The Morgan fingerprint density at radius 2 is 2.03 bits per heavy atom. The van der Waals surface area contributed by atoms with Crippen LogP contribution in [0.25, 0.3) is 0 Å². The molecule has 12 heteroatoms. The Labute approximate surface area is 184 Å². The van der Waals surface area contributed by atoms with Gasteiger partial charge in [-0.1, -0.05) is 0 Å². The molecule has 2 aromatic rings. The van der Waals surface area contributed by atoms with E-state index >= 15 is 0 Å². The molecular weight excluding hydrogens is 476 g/mol. The number of aromatic nitrogens is 2. The van der Waals surface area contributed by atoms with Gasteiger partial charge >= 0.3 is 6.03 Å². The third kappa shape index (κ3) is 7.11. The molecule has 0 radical (unpaired) electrons. The Morgan fingerprint density at radius 1 is 1.33 bits per heavy atom. The molecule has 2 amide bonds. The number of urea groups is 1. The molecule has 0 spiro atoms. The summed E-state index contributed by atoms with van der Waals surface area (Å²) in [6, 6.07) is 4.05. The van der Waals surface area contributed by atoms with E-state index in [1.165, 1.54) is 19.6 Å². The van der Waals surface area contributed by atoms with Crippen LogP contribution in [0.1, 0.15) is 13.8 Å². The van der Waals surface area contributed by atoms with Crippen LogP contribution in [0.4, 0.5) is 27.9 Å². The van der Waals surface area contributed by atoms with E-state index in [-0.39, 0.29) is 6.04 Å². The van der Waals surface area contributed by atoms with E-state index in [0.717, 1.165) is 0 Å². The lowest BCUT2D eigenvalue weighted by Gasteiger charge is -2.18. The molecule has 10 nitrogen and oxygen atoms in total. The van der Waals surface area contributed by atoms with Gasteiger partial charge in [0.05, 0.1) is 39.1 Å². The third-order valence-electron chi connectivity index (χ3n) is 3.83. The molecule has 1 aromatic carbocycles. The number of ether oxygens (including phenoxy) is 1. The standard InChI is InChI=1S/C18H25BrN6O4S/c1-10(11(2)26)21-16-13(19)9-20-17(24-16)22-12-6-7-15(29-3)14(8-12)23-18(27)25-30(4,5)28/h6-11,26H,1-5H3,(H,23,27)(H2,20,21,22,24)/t10-,11-/m1/s1. The number of hydrogen-bond acceptors (Lipinski definition) is 8. The number of aliphatic hydroxyl groups is 1. The van der Waals surface area contributed by atoms with Crippen molar-refractivity contribution in [2.24, 2.45) is 4.36 Å². The van der Waals surface area contributed by atoms with Gasteiger partial charge in [-0.3, -0.25) is 0 Å². The summed E-state index contributed by atoms with van der Waals surface area (Å²) in [5, 5.41) is 18.4. The van der Waals surface area contributed by atoms with Crippen LogP contribution in [-0.4, -0.2) is 57.1 Å². The lowest BCUT2D eigenvalue weighted by molar-refractivity contribution is 0.177. The first-order valence-electron chi connectivity index (χ1n) is 8.89. The van der Waals surface area contributed by atoms with E-state index in [9.17, 15) is 14.1 Å². The molecular formula is C18H25BrN6O4S. The molecule has 0 aliphatic rings. The number of nitrogens with one attached hydrogen (secondary N) is 3. The van der Waals surface area contributed by atoms with E-state index in [0.29, 0.717) is 33.4 Å². The van der Waals surface area contributed by atoms with Gasteiger partial charge < -0.3 is 25.8 Å². The summed E-state index contributed by atoms with van der Waals surface area (Å²) in [5.41, 5.74) is 0.926. The van der Waals surface area contributed by atoms with E-state index in [1.807, 2.05) is 6.92 Å².